The third-order valence-electron chi connectivity index (χ3n) is 3.10. The molecule has 0 spiro atoms. The summed E-state index contributed by atoms with van der Waals surface area (Å²) in [6.07, 6.45) is 2.16. The van der Waals surface area contributed by atoms with Gasteiger partial charge in [0.1, 0.15) is 11.9 Å². The number of sulfonamides is 1. The second kappa shape index (κ2) is 5.86. The fourth-order valence-corrected chi connectivity index (χ4v) is 3.10. The predicted molar refractivity (Wildman–Crippen MR) is 67.8 cm³/mol. The fraction of sp³-hybridized carbons (Fsp3) is 0.417. The van der Waals surface area contributed by atoms with Crippen LogP contribution in [0.5, 0.6) is 0 Å². The first kappa shape index (κ1) is 14.9. The Kier molecular flexibility index (Phi) is 4.36. The van der Waals surface area contributed by atoms with Crippen LogP contribution in [0.3, 0.4) is 0 Å². The Labute approximate surface area is 116 Å². The lowest BCUT2D eigenvalue weighted by Crippen LogP contribution is -2.46. The van der Waals surface area contributed by atoms with E-state index >= 15 is 0 Å². The van der Waals surface area contributed by atoms with Crippen LogP contribution in [-0.2, 0) is 14.8 Å². The van der Waals surface area contributed by atoms with Gasteiger partial charge in [-0.05, 0) is 30.5 Å². The summed E-state index contributed by atoms with van der Waals surface area (Å²) in [7, 11) is -4.02. The predicted octanol–water partition coefficient (Wildman–Crippen LogP) is 0.778. The van der Waals surface area contributed by atoms with E-state index in [0.29, 0.717) is 6.42 Å². The maximum atomic E-state index is 13.1. The maximum Gasteiger partial charge on any atom is 0.261 e. The number of hydrogen-bond donors (Lipinski definition) is 3. The van der Waals surface area contributed by atoms with E-state index in [1.807, 2.05) is 0 Å². The highest BCUT2D eigenvalue weighted by atomic mass is 32.2. The van der Waals surface area contributed by atoms with Crippen LogP contribution in [0.1, 0.15) is 19.3 Å². The van der Waals surface area contributed by atoms with Gasteiger partial charge >= 0.3 is 0 Å². The molecule has 1 unspecified atom stereocenters. The molecule has 0 aliphatic heterocycles. The maximum absolute atomic E-state index is 13.1. The summed E-state index contributed by atoms with van der Waals surface area (Å²) in [5.41, 5.74) is 1.44. The van der Waals surface area contributed by atoms with Gasteiger partial charge < -0.3 is 0 Å². The van der Waals surface area contributed by atoms with Gasteiger partial charge in [0.05, 0.1) is 4.90 Å². The lowest BCUT2D eigenvalue weighted by atomic mass is 10.1. The van der Waals surface area contributed by atoms with Crippen molar-refractivity contribution in [2.75, 3.05) is 0 Å². The molecule has 0 bridgehead atoms. The summed E-state index contributed by atoms with van der Waals surface area (Å²) in [5, 5.41) is 8.66. The van der Waals surface area contributed by atoms with Gasteiger partial charge in [0, 0.05) is 0 Å². The zero-order chi connectivity index (χ0) is 14.8. The minimum Gasteiger partial charge on any atom is -0.289 e. The van der Waals surface area contributed by atoms with Crippen LogP contribution in [-0.4, -0.2) is 25.6 Å². The quantitative estimate of drug-likeness (QED) is 0.534. The Morgan fingerprint density at radius 1 is 1.45 bits per heavy atom. The number of rotatable bonds is 6. The van der Waals surface area contributed by atoms with Gasteiger partial charge in [0.2, 0.25) is 10.0 Å². The molecule has 0 aromatic heterocycles. The second-order valence-electron chi connectivity index (χ2n) is 4.79. The van der Waals surface area contributed by atoms with E-state index in [9.17, 15) is 17.6 Å². The number of carbonyl (C=O) groups is 1. The van der Waals surface area contributed by atoms with Crippen molar-refractivity contribution in [1.29, 1.82) is 0 Å². The molecule has 20 heavy (non-hydrogen) atoms. The van der Waals surface area contributed by atoms with Crippen molar-refractivity contribution in [3.8, 4) is 0 Å². The van der Waals surface area contributed by atoms with Crippen LogP contribution in [0.2, 0.25) is 0 Å². The van der Waals surface area contributed by atoms with Crippen LogP contribution < -0.4 is 10.2 Å². The fourth-order valence-electron chi connectivity index (χ4n) is 1.86. The molecule has 2 rings (SSSR count). The summed E-state index contributed by atoms with van der Waals surface area (Å²) < 4.78 is 39.4. The summed E-state index contributed by atoms with van der Waals surface area (Å²) in [6, 6.07) is 3.43. The van der Waals surface area contributed by atoms with Gasteiger partial charge in [-0.1, -0.05) is 18.9 Å². The van der Waals surface area contributed by atoms with Crippen LogP contribution in [0, 0.1) is 11.7 Å². The molecule has 8 heteroatoms. The van der Waals surface area contributed by atoms with Crippen molar-refractivity contribution in [2.24, 2.45) is 5.92 Å². The summed E-state index contributed by atoms with van der Waals surface area (Å²) >= 11 is 0. The molecule has 0 heterocycles. The number of benzene rings is 1. The first-order valence-electron chi connectivity index (χ1n) is 6.14. The van der Waals surface area contributed by atoms with Crippen molar-refractivity contribution < 1.29 is 22.8 Å². The molecule has 1 aromatic carbocycles. The lowest BCUT2D eigenvalue weighted by molar-refractivity contribution is -0.131. The molecule has 1 fully saturated rings. The molecule has 1 aliphatic carbocycles. The van der Waals surface area contributed by atoms with Crippen molar-refractivity contribution in [3.05, 3.63) is 30.1 Å². The smallest absolute Gasteiger partial charge is 0.261 e. The largest absolute Gasteiger partial charge is 0.289 e. The summed E-state index contributed by atoms with van der Waals surface area (Å²) in [6.45, 7) is 0. The van der Waals surface area contributed by atoms with E-state index in [-0.39, 0.29) is 10.8 Å². The lowest BCUT2D eigenvalue weighted by Gasteiger charge is -2.16. The third kappa shape index (κ3) is 3.75. The van der Waals surface area contributed by atoms with Crippen molar-refractivity contribution in [2.45, 2.75) is 30.2 Å². The molecule has 0 radical (unpaired) electrons. The number of amides is 1. The molecule has 6 nitrogen and oxygen atoms in total. The molecule has 1 aliphatic rings. The number of nitrogens with one attached hydrogen (secondary N) is 2. The highest BCUT2D eigenvalue weighted by Gasteiger charge is 2.32. The van der Waals surface area contributed by atoms with E-state index in [1.54, 1.807) is 0 Å². The van der Waals surface area contributed by atoms with E-state index in [1.165, 1.54) is 17.6 Å². The molecular weight excluding hydrogens is 287 g/mol. The number of hydrogen-bond acceptors (Lipinski definition) is 4. The molecule has 1 saturated carbocycles. The van der Waals surface area contributed by atoms with E-state index in [4.69, 9.17) is 5.21 Å². The van der Waals surface area contributed by atoms with Gasteiger partial charge in [0.25, 0.3) is 5.91 Å². The van der Waals surface area contributed by atoms with E-state index in [0.717, 1.165) is 25.0 Å². The van der Waals surface area contributed by atoms with Gasteiger partial charge in [-0.15, -0.1) is 0 Å². The van der Waals surface area contributed by atoms with E-state index in [2.05, 4.69) is 4.72 Å². The van der Waals surface area contributed by atoms with Crippen LogP contribution in [0.4, 0.5) is 4.39 Å². The zero-order valence-electron chi connectivity index (χ0n) is 10.5. The Hall–Kier alpha value is -1.51. The normalized spacial score (nSPS) is 16.7. The average molecular weight is 302 g/mol. The molecule has 0 saturated heterocycles. The van der Waals surface area contributed by atoms with Crippen LogP contribution >= 0.6 is 0 Å². The van der Waals surface area contributed by atoms with Gasteiger partial charge in [-0.2, -0.15) is 4.72 Å². The summed E-state index contributed by atoms with van der Waals surface area (Å²) in [4.78, 5) is 11.2. The average Bonchev–Trinajstić information content (AvgIpc) is 3.21. The summed E-state index contributed by atoms with van der Waals surface area (Å²) in [5.74, 6) is -1.23. The second-order valence-corrected chi connectivity index (χ2v) is 6.50. The number of halogens is 1. The standard InChI is InChI=1S/C12H15FN2O4S/c13-9-2-1-3-10(7-9)20(18,19)15-11(12(16)14-17)6-8-4-5-8/h1-3,7-8,11,15,17H,4-6H2,(H,14,16). The van der Waals surface area contributed by atoms with Gasteiger partial charge in [-0.25, -0.2) is 18.3 Å². The Bertz CT molecular complexity index is 601. The van der Waals surface area contributed by atoms with E-state index < -0.39 is 27.8 Å². The first-order chi connectivity index (χ1) is 9.42. The first-order valence-corrected chi connectivity index (χ1v) is 7.62. The Balaban J connectivity index is 2.17. The van der Waals surface area contributed by atoms with Crippen LogP contribution in [0.15, 0.2) is 29.2 Å². The Morgan fingerprint density at radius 2 is 2.15 bits per heavy atom. The zero-order valence-corrected chi connectivity index (χ0v) is 11.4. The third-order valence-corrected chi connectivity index (χ3v) is 4.57. The highest BCUT2D eigenvalue weighted by molar-refractivity contribution is 7.89. The molecule has 1 atom stereocenters. The molecular formula is C12H15FN2O4S. The molecule has 1 amide bonds. The minimum absolute atomic E-state index is 0.260. The SMILES string of the molecule is O=C(NO)C(CC1CC1)NS(=O)(=O)c1cccc(F)c1. The molecule has 110 valence electrons. The van der Waals surface area contributed by atoms with Crippen molar-refractivity contribution >= 4 is 15.9 Å². The highest BCUT2D eigenvalue weighted by Crippen LogP contribution is 2.33. The number of carbonyl (C=O) groups excluding carboxylic acids is 1. The minimum atomic E-state index is -4.02. The molecule has 3 N–H and O–H groups in total. The Morgan fingerprint density at radius 3 is 2.70 bits per heavy atom. The monoisotopic (exact) mass is 302 g/mol. The van der Waals surface area contributed by atoms with Crippen LogP contribution in [0.25, 0.3) is 0 Å². The van der Waals surface area contributed by atoms with Gasteiger partial charge in [0.15, 0.2) is 0 Å². The topological polar surface area (TPSA) is 95.5 Å². The molecule has 1 aromatic rings. The number of hydroxylamine groups is 1. The van der Waals surface area contributed by atoms with Crippen molar-refractivity contribution in [3.63, 3.8) is 0 Å². The van der Waals surface area contributed by atoms with Gasteiger partial charge in [-0.3, -0.25) is 10.0 Å². The van der Waals surface area contributed by atoms with Crippen molar-refractivity contribution in [1.82, 2.24) is 10.2 Å².